The van der Waals surface area contributed by atoms with Crippen LogP contribution in [0.15, 0.2) is 47.9 Å². The Labute approximate surface area is 99.4 Å². The summed E-state index contributed by atoms with van der Waals surface area (Å²) in [6.07, 6.45) is 1.59. The minimum absolute atomic E-state index is 0.0264. The van der Waals surface area contributed by atoms with Crippen molar-refractivity contribution in [1.82, 2.24) is 0 Å². The summed E-state index contributed by atoms with van der Waals surface area (Å²) >= 11 is 1.47. The molecule has 0 fully saturated rings. The lowest BCUT2D eigenvalue weighted by atomic mass is 10.4. The van der Waals surface area contributed by atoms with Crippen LogP contribution in [-0.4, -0.2) is 25.1 Å². The van der Waals surface area contributed by atoms with E-state index in [1.54, 1.807) is 6.08 Å². The highest BCUT2D eigenvalue weighted by Gasteiger charge is 2.02. The van der Waals surface area contributed by atoms with Gasteiger partial charge in [-0.3, -0.25) is 0 Å². The Bertz CT molecular complexity index is 324. The minimum atomic E-state index is -0.356. The molecule has 86 valence electrons. The molecule has 0 radical (unpaired) electrons. The highest BCUT2D eigenvalue weighted by Crippen LogP contribution is 2.16. The van der Waals surface area contributed by atoms with Gasteiger partial charge in [0.25, 0.3) is 0 Å². The molecular weight excluding hydrogens is 224 g/mol. The molecule has 1 rings (SSSR count). The van der Waals surface area contributed by atoms with Crippen molar-refractivity contribution < 1.29 is 14.3 Å². The third-order valence-corrected chi connectivity index (χ3v) is 2.49. The molecule has 0 aromatic heterocycles. The number of carbonyl (C=O) groups is 1. The van der Waals surface area contributed by atoms with E-state index in [1.807, 2.05) is 30.3 Å². The van der Waals surface area contributed by atoms with Gasteiger partial charge in [0.2, 0.25) is 0 Å². The fourth-order valence-corrected chi connectivity index (χ4v) is 1.62. The fraction of sp³-hybridized carbons (Fsp3) is 0.250. The van der Waals surface area contributed by atoms with Crippen molar-refractivity contribution in [3.63, 3.8) is 0 Å². The Hall–Kier alpha value is -1.26. The van der Waals surface area contributed by atoms with Gasteiger partial charge in [0.1, 0.15) is 12.5 Å². The van der Waals surface area contributed by atoms with Gasteiger partial charge in [-0.15, -0.1) is 6.58 Å². The van der Waals surface area contributed by atoms with Gasteiger partial charge in [-0.1, -0.05) is 36.0 Å². The van der Waals surface area contributed by atoms with Crippen molar-refractivity contribution in [1.29, 1.82) is 0 Å². The third kappa shape index (κ3) is 5.58. The predicted octanol–water partition coefficient (Wildman–Crippen LogP) is 2.48. The predicted molar refractivity (Wildman–Crippen MR) is 64.3 cm³/mol. The van der Waals surface area contributed by atoms with Gasteiger partial charge < -0.3 is 9.47 Å². The van der Waals surface area contributed by atoms with Gasteiger partial charge >= 0.3 is 5.97 Å². The van der Waals surface area contributed by atoms with E-state index in [2.05, 4.69) is 6.58 Å². The van der Waals surface area contributed by atoms with Crippen molar-refractivity contribution >= 4 is 17.7 Å². The van der Waals surface area contributed by atoms with E-state index in [-0.39, 0.29) is 12.6 Å². The molecule has 0 heterocycles. The van der Waals surface area contributed by atoms with Crippen LogP contribution >= 0.6 is 11.8 Å². The first-order chi connectivity index (χ1) is 7.83. The van der Waals surface area contributed by atoms with Gasteiger partial charge in [-0.2, -0.15) is 0 Å². The molecule has 0 saturated heterocycles. The molecule has 0 aliphatic heterocycles. The number of benzene rings is 1. The van der Waals surface area contributed by atoms with E-state index in [9.17, 15) is 4.79 Å². The molecule has 0 aliphatic carbocycles. The zero-order chi connectivity index (χ0) is 11.6. The van der Waals surface area contributed by atoms with Crippen LogP contribution in [0.2, 0.25) is 0 Å². The first-order valence-corrected chi connectivity index (χ1v) is 5.83. The zero-order valence-electron chi connectivity index (χ0n) is 8.93. The first kappa shape index (κ1) is 12.8. The van der Waals surface area contributed by atoms with Gasteiger partial charge in [0, 0.05) is 4.90 Å². The summed E-state index contributed by atoms with van der Waals surface area (Å²) in [6.45, 7) is 3.81. The summed E-state index contributed by atoms with van der Waals surface area (Å²) in [7, 11) is 0. The number of hydrogen-bond acceptors (Lipinski definition) is 4. The Morgan fingerprint density at radius 3 is 2.81 bits per heavy atom. The van der Waals surface area contributed by atoms with E-state index in [0.717, 1.165) is 4.90 Å². The van der Waals surface area contributed by atoms with Crippen LogP contribution in [0, 0.1) is 0 Å². The van der Waals surface area contributed by atoms with Crippen molar-refractivity contribution in [2.75, 3.05) is 19.2 Å². The van der Waals surface area contributed by atoms with Crippen LogP contribution in [0.5, 0.6) is 0 Å². The number of thioether (sulfide) groups is 1. The second kappa shape index (κ2) is 7.96. The molecule has 3 nitrogen and oxygen atoms in total. The number of rotatable bonds is 7. The molecule has 0 atom stereocenters. The van der Waals surface area contributed by atoms with E-state index < -0.39 is 0 Å². The van der Waals surface area contributed by atoms with Crippen LogP contribution < -0.4 is 0 Å². The highest BCUT2D eigenvalue weighted by atomic mass is 32.2. The molecule has 1 aromatic carbocycles. The van der Waals surface area contributed by atoms with Crippen LogP contribution in [0.3, 0.4) is 0 Å². The summed E-state index contributed by atoms with van der Waals surface area (Å²) in [5.74, 6) is -0.0504. The second-order valence-electron chi connectivity index (χ2n) is 2.90. The maximum absolute atomic E-state index is 11.1. The van der Waals surface area contributed by atoms with Crippen LogP contribution in [-0.2, 0) is 14.3 Å². The molecule has 1 aromatic rings. The lowest BCUT2D eigenvalue weighted by Gasteiger charge is -2.04. The summed E-state index contributed by atoms with van der Waals surface area (Å²) in [5, 5.41) is 0. The Balaban J connectivity index is 2.11. The highest BCUT2D eigenvalue weighted by molar-refractivity contribution is 7.99. The SMILES string of the molecule is C=CCOCC(=O)OCSc1ccccc1. The molecule has 0 N–H and O–H groups in total. The van der Waals surface area contributed by atoms with E-state index >= 15 is 0 Å². The smallest absolute Gasteiger partial charge is 0.332 e. The van der Waals surface area contributed by atoms with Crippen LogP contribution in [0.25, 0.3) is 0 Å². The molecule has 0 bridgehead atoms. The molecule has 4 heteroatoms. The van der Waals surface area contributed by atoms with E-state index in [1.165, 1.54) is 11.8 Å². The molecule has 0 saturated carbocycles. The molecule has 0 aliphatic rings. The van der Waals surface area contributed by atoms with Gasteiger partial charge in [-0.05, 0) is 12.1 Å². The summed E-state index contributed by atoms with van der Waals surface area (Å²) in [6, 6.07) is 9.76. The molecule has 0 amide bonds. The largest absolute Gasteiger partial charge is 0.453 e. The van der Waals surface area contributed by atoms with Crippen LogP contribution in [0.1, 0.15) is 0 Å². The Morgan fingerprint density at radius 2 is 2.12 bits per heavy atom. The monoisotopic (exact) mass is 238 g/mol. The Kier molecular flexibility index (Phi) is 6.37. The molecule has 0 unspecified atom stereocenters. The first-order valence-electron chi connectivity index (χ1n) is 4.85. The fourth-order valence-electron chi connectivity index (χ4n) is 0.947. The number of ether oxygens (including phenoxy) is 2. The lowest BCUT2D eigenvalue weighted by Crippen LogP contribution is -2.12. The standard InChI is InChI=1S/C12H14O3S/c1-2-8-14-9-12(13)15-10-16-11-6-4-3-5-7-11/h2-7H,1,8-10H2. The summed E-state index contributed by atoms with van der Waals surface area (Å²) in [4.78, 5) is 12.2. The average molecular weight is 238 g/mol. The summed E-state index contributed by atoms with van der Waals surface area (Å²) < 4.78 is 9.90. The molecular formula is C12H14O3S. The number of carbonyl (C=O) groups excluding carboxylic acids is 1. The maximum atomic E-state index is 11.1. The number of hydrogen-bond donors (Lipinski definition) is 0. The van der Waals surface area contributed by atoms with Crippen molar-refractivity contribution in [3.8, 4) is 0 Å². The normalized spacial score (nSPS) is 9.75. The molecule has 16 heavy (non-hydrogen) atoms. The van der Waals surface area contributed by atoms with Crippen molar-refractivity contribution in [3.05, 3.63) is 43.0 Å². The van der Waals surface area contributed by atoms with Crippen molar-refractivity contribution in [2.24, 2.45) is 0 Å². The summed E-state index contributed by atoms with van der Waals surface area (Å²) in [5.41, 5.74) is 0. The van der Waals surface area contributed by atoms with Crippen molar-refractivity contribution in [2.45, 2.75) is 4.90 Å². The zero-order valence-corrected chi connectivity index (χ0v) is 9.74. The van der Waals surface area contributed by atoms with E-state index in [0.29, 0.717) is 12.5 Å². The second-order valence-corrected chi connectivity index (χ2v) is 3.89. The van der Waals surface area contributed by atoms with Gasteiger partial charge in [0.05, 0.1) is 6.61 Å². The quantitative estimate of drug-likeness (QED) is 0.240. The van der Waals surface area contributed by atoms with E-state index in [4.69, 9.17) is 9.47 Å². The topological polar surface area (TPSA) is 35.5 Å². The van der Waals surface area contributed by atoms with Gasteiger partial charge in [-0.25, -0.2) is 4.79 Å². The lowest BCUT2D eigenvalue weighted by molar-refractivity contribution is -0.146. The van der Waals surface area contributed by atoms with Crippen LogP contribution in [0.4, 0.5) is 0 Å². The van der Waals surface area contributed by atoms with Gasteiger partial charge in [0.15, 0.2) is 0 Å². The molecule has 0 spiro atoms. The maximum Gasteiger partial charge on any atom is 0.332 e. The Morgan fingerprint density at radius 1 is 1.38 bits per heavy atom. The average Bonchev–Trinajstić information content (AvgIpc) is 2.31. The minimum Gasteiger partial charge on any atom is -0.453 e. The third-order valence-electron chi connectivity index (χ3n) is 1.64. The number of esters is 1.